The number of carbonyl (C=O) groups excluding carboxylic acids is 1. The second-order valence-corrected chi connectivity index (χ2v) is 5.67. The molecule has 0 radical (unpaired) electrons. The van der Waals surface area contributed by atoms with Crippen LogP contribution >= 0.6 is 0 Å². The van der Waals surface area contributed by atoms with E-state index in [4.69, 9.17) is 0 Å². The minimum absolute atomic E-state index is 0.0267. The molecule has 1 atom stereocenters. The lowest BCUT2D eigenvalue weighted by atomic mass is 9.96. The van der Waals surface area contributed by atoms with Gasteiger partial charge in [0, 0.05) is 12.1 Å². The van der Waals surface area contributed by atoms with E-state index in [0.717, 1.165) is 24.2 Å². The molecule has 108 valence electrons. The van der Waals surface area contributed by atoms with Crippen molar-refractivity contribution in [2.45, 2.75) is 25.8 Å². The van der Waals surface area contributed by atoms with Gasteiger partial charge in [-0.15, -0.1) is 0 Å². The molecule has 2 aromatic carbocycles. The quantitative estimate of drug-likeness (QED) is 0.918. The van der Waals surface area contributed by atoms with Crippen LogP contribution in [0.3, 0.4) is 0 Å². The zero-order valence-electron chi connectivity index (χ0n) is 12.4. The van der Waals surface area contributed by atoms with Crippen LogP contribution in [0.15, 0.2) is 48.5 Å². The molecule has 3 nitrogen and oxygen atoms in total. The molecule has 21 heavy (non-hydrogen) atoms. The molecule has 1 aliphatic heterocycles. The number of quaternary nitrogens is 1. The predicted octanol–water partition coefficient (Wildman–Crippen LogP) is 2.26. The lowest BCUT2D eigenvalue weighted by Gasteiger charge is -2.18. The minimum atomic E-state index is -0.0267. The molecular weight excluding hydrogens is 260 g/mol. The van der Waals surface area contributed by atoms with Gasteiger partial charge in [0.15, 0.2) is 0 Å². The fraction of sp³-hybridized carbons (Fsp3) is 0.278. The second-order valence-electron chi connectivity index (χ2n) is 5.67. The van der Waals surface area contributed by atoms with Gasteiger partial charge in [0.1, 0.15) is 0 Å². The summed E-state index contributed by atoms with van der Waals surface area (Å²) < 4.78 is 0. The van der Waals surface area contributed by atoms with Crippen LogP contribution in [0.2, 0.25) is 0 Å². The number of amides is 1. The first-order chi connectivity index (χ1) is 10.2. The third-order valence-electron chi connectivity index (χ3n) is 4.09. The summed E-state index contributed by atoms with van der Waals surface area (Å²) in [4.78, 5) is 14.7. The van der Waals surface area contributed by atoms with E-state index >= 15 is 0 Å². The Morgan fingerprint density at radius 3 is 2.62 bits per heavy atom. The van der Waals surface area contributed by atoms with Crippen molar-refractivity contribution in [2.75, 3.05) is 11.4 Å². The van der Waals surface area contributed by atoms with E-state index < -0.39 is 0 Å². The van der Waals surface area contributed by atoms with Crippen molar-refractivity contribution in [3.8, 4) is 0 Å². The highest BCUT2D eigenvalue weighted by molar-refractivity contribution is 6.04. The minimum Gasteiger partial charge on any atom is -0.358 e. The largest absolute Gasteiger partial charge is 0.358 e. The Labute approximate surface area is 125 Å². The topological polar surface area (TPSA) is 48.0 Å². The molecule has 1 amide bonds. The van der Waals surface area contributed by atoms with Crippen molar-refractivity contribution in [2.24, 2.45) is 0 Å². The smallest absolute Gasteiger partial charge is 0.235 e. The van der Waals surface area contributed by atoms with E-state index in [1.54, 1.807) is 0 Å². The molecule has 0 saturated carbocycles. The zero-order chi connectivity index (χ0) is 14.8. The van der Waals surface area contributed by atoms with Crippen LogP contribution in [0.1, 0.15) is 29.0 Å². The number of anilines is 1. The van der Waals surface area contributed by atoms with Gasteiger partial charge in [0.05, 0.1) is 19.0 Å². The molecule has 2 aromatic rings. The SMILES string of the molecule is Cc1ccc2c(c1)C(CC[NH3+])C(=O)N2Cc1ccccc1. The normalized spacial score (nSPS) is 17.1. The van der Waals surface area contributed by atoms with E-state index in [0.29, 0.717) is 6.54 Å². The highest BCUT2D eigenvalue weighted by Gasteiger charge is 2.36. The molecule has 3 N–H and O–H groups in total. The summed E-state index contributed by atoms with van der Waals surface area (Å²) in [7, 11) is 0. The van der Waals surface area contributed by atoms with Crippen molar-refractivity contribution in [3.63, 3.8) is 0 Å². The lowest BCUT2D eigenvalue weighted by molar-refractivity contribution is -0.368. The maximum Gasteiger partial charge on any atom is 0.235 e. The Kier molecular flexibility index (Phi) is 3.76. The summed E-state index contributed by atoms with van der Waals surface area (Å²) in [5.74, 6) is 0.184. The van der Waals surface area contributed by atoms with E-state index in [9.17, 15) is 4.79 Å². The molecule has 0 aromatic heterocycles. The maximum absolute atomic E-state index is 12.8. The third-order valence-corrected chi connectivity index (χ3v) is 4.09. The van der Waals surface area contributed by atoms with Crippen LogP contribution in [0.5, 0.6) is 0 Å². The fourth-order valence-corrected chi connectivity index (χ4v) is 3.05. The summed E-state index contributed by atoms with van der Waals surface area (Å²) in [5.41, 5.74) is 8.51. The molecule has 0 spiro atoms. The molecule has 0 aliphatic carbocycles. The molecule has 3 heteroatoms. The standard InChI is InChI=1S/C18H20N2O/c1-13-7-8-17-16(11-13)15(9-10-19)18(21)20(17)12-14-5-3-2-4-6-14/h2-8,11,15H,9-10,12,19H2,1H3/p+1. The monoisotopic (exact) mass is 281 g/mol. The van der Waals surface area contributed by atoms with Gasteiger partial charge in [0.25, 0.3) is 0 Å². The molecule has 0 bridgehead atoms. The maximum atomic E-state index is 12.8. The van der Waals surface area contributed by atoms with Crippen LogP contribution in [0, 0.1) is 6.92 Å². The summed E-state index contributed by atoms with van der Waals surface area (Å²) >= 11 is 0. The van der Waals surface area contributed by atoms with Crippen molar-refractivity contribution in [3.05, 3.63) is 65.2 Å². The number of rotatable bonds is 4. The van der Waals surface area contributed by atoms with E-state index in [-0.39, 0.29) is 11.8 Å². The summed E-state index contributed by atoms with van der Waals surface area (Å²) in [6.45, 7) is 3.50. The summed E-state index contributed by atoms with van der Waals surface area (Å²) in [6, 6.07) is 16.5. The number of aryl methyl sites for hydroxylation is 1. The van der Waals surface area contributed by atoms with Gasteiger partial charge in [-0.05, 0) is 24.1 Å². The predicted molar refractivity (Wildman–Crippen MR) is 83.9 cm³/mol. The average Bonchev–Trinajstić information content (AvgIpc) is 2.74. The van der Waals surface area contributed by atoms with E-state index in [1.165, 1.54) is 11.1 Å². The number of fused-ring (bicyclic) bond motifs is 1. The third kappa shape index (κ3) is 2.57. The number of benzene rings is 2. The molecule has 0 fully saturated rings. The van der Waals surface area contributed by atoms with Gasteiger partial charge in [0.2, 0.25) is 5.91 Å². The van der Waals surface area contributed by atoms with Gasteiger partial charge >= 0.3 is 0 Å². The molecule has 0 saturated heterocycles. The molecule has 1 aliphatic rings. The first kappa shape index (κ1) is 13.8. The molecule has 1 heterocycles. The van der Waals surface area contributed by atoms with Gasteiger partial charge in [-0.1, -0.05) is 48.0 Å². The summed E-state index contributed by atoms with van der Waals surface area (Å²) in [6.07, 6.45) is 0.820. The number of hydrogen-bond acceptors (Lipinski definition) is 1. The van der Waals surface area contributed by atoms with Crippen LogP contribution in [0.4, 0.5) is 5.69 Å². The van der Waals surface area contributed by atoms with Crippen molar-refractivity contribution in [1.82, 2.24) is 0 Å². The first-order valence-corrected chi connectivity index (χ1v) is 7.46. The highest BCUT2D eigenvalue weighted by Crippen LogP contribution is 2.40. The molecular formula is C18H21N2O+. The average molecular weight is 281 g/mol. The summed E-state index contributed by atoms with van der Waals surface area (Å²) in [5, 5.41) is 0. The molecule has 3 rings (SSSR count). The Morgan fingerprint density at radius 1 is 1.14 bits per heavy atom. The van der Waals surface area contributed by atoms with Gasteiger partial charge in [-0.3, -0.25) is 4.79 Å². The Morgan fingerprint density at radius 2 is 1.90 bits per heavy atom. The number of nitrogens with zero attached hydrogens (tertiary/aromatic N) is 1. The Hall–Kier alpha value is -2.13. The molecule has 1 unspecified atom stereocenters. The zero-order valence-corrected chi connectivity index (χ0v) is 12.4. The van der Waals surface area contributed by atoms with Crippen LogP contribution < -0.4 is 10.6 Å². The van der Waals surface area contributed by atoms with Crippen molar-refractivity contribution in [1.29, 1.82) is 0 Å². The van der Waals surface area contributed by atoms with Gasteiger partial charge in [-0.25, -0.2) is 0 Å². The van der Waals surface area contributed by atoms with Gasteiger partial charge in [-0.2, -0.15) is 0 Å². The second kappa shape index (κ2) is 5.70. The van der Waals surface area contributed by atoms with Crippen LogP contribution in [0.25, 0.3) is 0 Å². The van der Waals surface area contributed by atoms with Crippen LogP contribution in [-0.2, 0) is 11.3 Å². The fourth-order valence-electron chi connectivity index (χ4n) is 3.05. The van der Waals surface area contributed by atoms with Crippen molar-refractivity contribution >= 4 is 11.6 Å². The first-order valence-electron chi connectivity index (χ1n) is 7.46. The highest BCUT2D eigenvalue weighted by atomic mass is 16.2. The Bertz CT molecular complexity index is 652. The van der Waals surface area contributed by atoms with Gasteiger partial charge < -0.3 is 10.6 Å². The Balaban J connectivity index is 1.97. The van der Waals surface area contributed by atoms with E-state index in [2.05, 4.69) is 43.0 Å². The number of carbonyl (C=O) groups is 1. The number of hydrogen-bond donors (Lipinski definition) is 1. The van der Waals surface area contributed by atoms with E-state index in [1.807, 2.05) is 23.1 Å². The lowest BCUT2D eigenvalue weighted by Crippen LogP contribution is -2.51. The van der Waals surface area contributed by atoms with Crippen molar-refractivity contribution < 1.29 is 10.5 Å². The van der Waals surface area contributed by atoms with Crippen LogP contribution in [-0.4, -0.2) is 12.5 Å².